The van der Waals surface area contributed by atoms with Crippen LogP contribution in [-0.4, -0.2) is 32.1 Å². The Labute approximate surface area is 117 Å². The van der Waals surface area contributed by atoms with Crippen LogP contribution in [0.5, 0.6) is 0 Å². The van der Waals surface area contributed by atoms with E-state index < -0.39 is 0 Å². The van der Waals surface area contributed by atoms with Crippen molar-refractivity contribution in [3.05, 3.63) is 35.6 Å². The fraction of sp³-hybridized carbons (Fsp3) is 0.625. The summed E-state index contributed by atoms with van der Waals surface area (Å²) in [7, 11) is 4.09. The van der Waals surface area contributed by atoms with Crippen LogP contribution in [0.3, 0.4) is 0 Å². The third kappa shape index (κ3) is 6.17. The molecule has 0 spiro atoms. The van der Waals surface area contributed by atoms with Gasteiger partial charge in [-0.15, -0.1) is 0 Å². The number of halogens is 1. The molecule has 108 valence electrons. The Morgan fingerprint density at radius 2 is 1.89 bits per heavy atom. The summed E-state index contributed by atoms with van der Waals surface area (Å²) in [6.07, 6.45) is 2.22. The second-order valence-electron chi connectivity index (χ2n) is 5.67. The second kappa shape index (κ2) is 8.28. The van der Waals surface area contributed by atoms with Crippen LogP contribution in [0.4, 0.5) is 4.39 Å². The van der Waals surface area contributed by atoms with Crippen LogP contribution in [0.15, 0.2) is 24.3 Å². The fourth-order valence-corrected chi connectivity index (χ4v) is 2.14. The van der Waals surface area contributed by atoms with Gasteiger partial charge in [0.1, 0.15) is 5.82 Å². The molecule has 3 heteroatoms. The highest BCUT2D eigenvalue weighted by Crippen LogP contribution is 2.17. The molecule has 1 N–H and O–H groups in total. The Morgan fingerprint density at radius 3 is 2.47 bits per heavy atom. The van der Waals surface area contributed by atoms with E-state index in [0.29, 0.717) is 0 Å². The van der Waals surface area contributed by atoms with E-state index in [2.05, 4.69) is 31.1 Å². The standard InChI is InChI=1S/C16H27FN2/c1-13(2)8-10-19(4)11-9-16(18-3)14-6-5-7-15(17)12-14/h5-7,12-13,16,18H,8-11H2,1-4H3. The molecule has 0 heterocycles. The van der Waals surface area contributed by atoms with Gasteiger partial charge in [-0.2, -0.15) is 0 Å². The van der Waals surface area contributed by atoms with Crippen LogP contribution in [0.25, 0.3) is 0 Å². The van der Waals surface area contributed by atoms with Crippen LogP contribution in [0, 0.1) is 11.7 Å². The molecule has 0 aromatic heterocycles. The molecule has 1 atom stereocenters. The number of nitrogens with zero attached hydrogens (tertiary/aromatic N) is 1. The van der Waals surface area contributed by atoms with E-state index in [1.807, 2.05) is 13.1 Å². The average Bonchev–Trinajstić information content (AvgIpc) is 2.37. The Balaban J connectivity index is 2.44. The molecular weight excluding hydrogens is 239 g/mol. The van der Waals surface area contributed by atoms with Gasteiger partial charge in [0.05, 0.1) is 0 Å². The molecule has 0 radical (unpaired) electrons. The molecule has 0 fully saturated rings. The van der Waals surface area contributed by atoms with Crippen molar-refractivity contribution in [1.82, 2.24) is 10.2 Å². The van der Waals surface area contributed by atoms with E-state index in [0.717, 1.165) is 31.0 Å². The maximum absolute atomic E-state index is 13.2. The van der Waals surface area contributed by atoms with Gasteiger partial charge in [-0.1, -0.05) is 26.0 Å². The minimum Gasteiger partial charge on any atom is -0.313 e. The van der Waals surface area contributed by atoms with Crippen molar-refractivity contribution in [2.75, 3.05) is 27.2 Å². The smallest absolute Gasteiger partial charge is 0.123 e. The monoisotopic (exact) mass is 266 g/mol. The highest BCUT2D eigenvalue weighted by molar-refractivity contribution is 5.20. The van der Waals surface area contributed by atoms with Gasteiger partial charge in [0, 0.05) is 6.04 Å². The summed E-state index contributed by atoms with van der Waals surface area (Å²) in [6.45, 7) is 6.64. The minimum absolute atomic E-state index is 0.161. The van der Waals surface area contributed by atoms with Crippen molar-refractivity contribution in [3.8, 4) is 0 Å². The lowest BCUT2D eigenvalue weighted by Gasteiger charge is -2.22. The highest BCUT2D eigenvalue weighted by atomic mass is 19.1. The Bertz CT molecular complexity index is 366. The third-order valence-electron chi connectivity index (χ3n) is 3.49. The van der Waals surface area contributed by atoms with Crippen LogP contribution in [0.1, 0.15) is 38.3 Å². The zero-order valence-electron chi connectivity index (χ0n) is 12.6. The number of benzene rings is 1. The largest absolute Gasteiger partial charge is 0.313 e. The van der Waals surface area contributed by atoms with Gasteiger partial charge in [0.25, 0.3) is 0 Å². The maximum atomic E-state index is 13.2. The van der Waals surface area contributed by atoms with Crippen LogP contribution < -0.4 is 5.32 Å². The molecule has 19 heavy (non-hydrogen) atoms. The van der Waals surface area contributed by atoms with Gasteiger partial charge in [0.15, 0.2) is 0 Å². The molecule has 0 aliphatic heterocycles. The summed E-state index contributed by atoms with van der Waals surface area (Å²) in [5, 5.41) is 3.27. The Hall–Kier alpha value is -0.930. The molecule has 1 unspecified atom stereocenters. The summed E-state index contributed by atoms with van der Waals surface area (Å²) in [4.78, 5) is 2.35. The van der Waals surface area contributed by atoms with E-state index >= 15 is 0 Å². The Kier molecular flexibility index (Phi) is 7.03. The van der Waals surface area contributed by atoms with Gasteiger partial charge < -0.3 is 10.2 Å². The van der Waals surface area contributed by atoms with Gasteiger partial charge in [-0.25, -0.2) is 4.39 Å². The molecule has 0 aliphatic carbocycles. The molecule has 0 aliphatic rings. The second-order valence-corrected chi connectivity index (χ2v) is 5.67. The normalized spacial score (nSPS) is 13.2. The van der Waals surface area contributed by atoms with Crippen LogP contribution in [-0.2, 0) is 0 Å². The summed E-state index contributed by atoms with van der Waals surface area (Å²) in [5.74, 6) is 0.580. The average molecular weight is 266 g/mol. The molecule has 0 saturated carbocycles. The Morgan fingerprint density at radius 1 is 1.21 bits per heavy atom. The maximum Gasteiger partial charge on any atom is 0.123 e. The predicted octanol–water partition coefficient (Wildman–Crippen LogP) is 3.45. The van der Waals surface area contributed by atoms with Crippen molar-refractivity contribution in [2.24, 2.45) is 5.92 Å². The van der Waals surface area contributed by atoms with Crippen molar-refractivity contribution in [1.29, 1.82) is 0 Å². The van der Waals surface area contributed by atoms with Crippen molar-refractivity contribution < 1.29 is 4.39 Å². The fourth-order valence-electron chi connectivity index (χ4n) is 2.14. The van der Waals surface area contributed by atoms with Gasteiger partial charge >= 0.3 is 0 Å². The molecule has 0 saturated heterocycles. The summed E-state index contributed by atoms with van der Waals surface area (Å²) in [5.41, 5.74) is 1.03. The summed E-state index contributed by atoms with van der Waals surface area (Å²) >= 11 is 0. The van der Waals surface area contributed by atoms with Crippen molar-refractivity contribution in [3.63, 3.8) is 0 Å². The lowest BCUT2D eigenvalue weighted by molar-refractivity contribution is 0.292. The van der Waals surface area contributed by atoms with E-state index in [-0.39, 0.29) is 11.9 Å². The lowest BCUT2D eigenvalue weighted by atomic mass is 10.0. The van der Waals surface area contributed by atoms with Crippen molar-refractivity contribution >= 4 is 0 Å². The molecule has 1 aromatic carbocycles. The molecule has 0 bridgehead atoms. The number of hydrogen-bond donors (Lipinski definition) is 1. The first kappa shape index (κ1) is 16.1. The van der Waals surface area contributed by atoms with Gasteiger partial charge in [0.2, 0.25) is 0 Å². The summed E-state index contributed by atoms with van der Waals surface area (Å²) in [6, 6.07) is 7.09. The molecule has 1 aromatic rings. The zero-order chi connectivity index (χ0) is 14.3. The number of hydrogen-bond acceptors (Lipinski definition) is 2. The van der Waals surface area contributed by atoms with Gasteiger partial charge in [-0.3, -0.25) is 0 Å². The quantitative estimate of drug-likeness (QED) is 0.775. The SMILES string of the molecule is CNC(CCN(C)CCC(C)C)c1cccc(F)c1. The molecule has 0 amide bonds. The first-order valence-electron chi connectivity index (χ1n) is 7.14. The van der Waals surface area contributed by atoms with Crippen LogP contribution in [0.2, 0.25) is 0 Å². The molecule has 1 rings (SSSR count). The van der Waals surface area contributed by atoms with E-state index in [9.17, 15) is 4.39 Å². The third-order valence-corrected chi connectivity index (χ3v) is 3.49. The van der Waals surface area contributed by atoms with Crippen molar-refractivity contribution in [2.45, 2.75) is 32.7 Å². The molecular formula is C16H27FN2. The van der Waals surface area contributed by atoms with E-state index in [4.69, 9.17) is 0 Å². The number of nitrogens with one attached hydrogen (secondary N) is 1. The first-order valence-corrected chi connectivity index (χ1v) is 7.14. The lowest BCUT2D eigenvalue weighted by Crippen LogP contribution is -2.26. The topological polar surface area (TPSA) is 15.3 Å². The predicted molar refractivity (Wildman–Crippen MR) is 79.8 cm³/mol. The summed E-state index contributed by atoms with van der Waals surface area (Å²) < 4.78 is 13.2. The zero-order valence-corrected chi connectivity index (χ0v) is 12.6. The van der Waals surface area contributed by atoms with Gasteiger partial charge in [-0.05, 0) is 63.6 Å². The number of rotatable bonds is 8. The molecule has 2 nitrogen and oxygen atoms in total. The van der Waals surface area contributed by atoms with E-state index in [1.165, 1.54) is 12.5 Å². The highest BCUT2D eigenvalue weighted by Gasteiger charge is 2.11. The van der Waals surface area contributed by atoms with E-state index in [1.54, 1.807) is 12.1 Å². The van der Waals surface area contributed by atoms with Crippen LogP contribution >= 0.6 is 0 Å². The minimum atomic E-state index is -0.161. The first-order chi connectivity index (χ1) is 9.02.